The van der Waals surface area contributed by atoms with Crippen molar-refractivity contribution in [2.45, 2.75) is 38.9 Å². The van der Waals surface area contributed by atoms with Gasteiger partial charge in [0, 0.05) is 13.6 Å². The molecule has 1 heterocycles. The number of urea groups is 2. The molecule has 0 aromatic heterocycles. The third kappa shape index (κ3) is 3.33. The third-order valence-electron chi connectivity index (χ3n) is 2.93. The second kappa shape index (κ2) is 6.44. The molecular formula is C11H22N4O2. The summed E-state index contributed by atoms with van der Waals surface area (Å²) in [6.07, 6.45) is 3.78. The molecule has 0 spiro atoms. The molecule has 6 nitrogen and oxygen atoms in total. The van der Waals surface area contributed by atoms with E-state index in [9.17, 15) is 9.59 Å². The molecule has 1 rings (SSSR count). The molecule has 1 aliphatic heterocycles. The average Bonchev–Trinajstić information content (AvgIpc) is 2.32. The van der Waals surface area contributed by atoms with Gasteiger partial charge >= 0.3 is 12.1 Å². The number of nitrogens with zero attached hydrogens (tertiary/aromatic N) is 2. The number of nitrogens with one attached hydrogen (secondary N) is 2. The summed E-state index contributed by atoms with van der Waals surface area (Å²) in [5, 5.41) is 5.58. The van der Waals surface area contributed by atoms with Gasteiger partial charge < -0.3 is 5.32 Å². The van der Waals surface area contributed by atoms with E-state index in [-0.39, 0.29) is 12.1 Å². The summed E-state index contributed by atoms with van der Waals surface area (Å²) < 4.78 is 0. The summed E-state index contributed by atoms with van der Waals surface area (Å²) >= 11 is 0. The Morgan fingerprint density at radius 3 is 2.59 bits per heavy atom. The Labute approximate surface area is 102 Å². The van der Waals surface area contributed by atoms with Crippen LogP contribution in [0.5, 0.6) is 0 Å². The number of carbonyl (C=O) groups excluding carboxylic acids is 2. The highest BCUT2D eigenvalue weighted by atomic mass is 16.2. The van der Waals surface area contributed by atoms with Crippen LogP contribution in [0.1, 0.15) is 32.6 Å². The molecule has 1 saturated heterocycles. The smallest absolute Gasteiger partial charge is 0.304 e. The lowest BCUT2D eigenvalue weighted by Gasteiger charge is -2.38. The fraction of sp³-hybridized carbons (Fsp3) is 0.818. The molecule has 1 atom stereocenters. The molecule has 0 saturated carbocycles. The van der Waals surface area contributed by atoms with Crippen LogP contribution in [0.15, 0.2) is 0 Å². The van der Waals surface area contributed by atoms with Crippen LogP contribution in [0.4, 0.5) is 9.59 Å². The summed E-state index contributed by atoms with van der Waals surface area (Å²) in [6.45, 7) is 2.62. The maximum atomic E-state index is 11.9. The number of rotatable bonds is 6. The molecule has 98 valence electrons. The molecule has 1 fully saturated rings. The molecule has 0 aliphatic carbocycles. The van der Waals surface area contributed by atoms with E-state index in [1.165, 1.54) is 9.80 Å². The van der Waals surface area contributed by atoms with Crippen molar-refractivity contribution < 1.29 is 9.59 Å². The zero-order valence-electron chi connectivity index (χ0n) is 10.8. The van der Waals surface area contributed by atoms with Crippen molar-refractivity contribution in [3.63, 3.8) is 0 Å². The minimum absolute atomic E-state index is 0.246. The first kappa shape index (κ1) is 13.8. The number of unbranched alkanes of at least 4 members (excludes halogenated alkanes) is 3. The fourth-order valence-electron chi connectivity index (χ4n) is 1.84. The lowest BCUT2D eigenvalue weighted by atomic mass is 10.2. The molecule has 4 amide bonds. The first-order valence-corrected chi connectivity index (χ1v) is 6.14. The van der Waals surface area contributed by atoms with E-state index in [4.69, 9.17) is 0 Å². The summed E-state index contributed by atoms with van der Waals surface area (Å²) in [6, 6.07) is -0.562. The number of hydrogen-bond acceptors (Lipinski definition) is 3. The molecule has 0 aromatic carbocycles. The van der Waals surface area contributed by atoms with Crippen molar-refractivity contribution in [1.82, 2.24) is 20.4 Å². The van der Waals surface area contributed by atoms with Crippen LogP contribution in [0.2, 0.25) is 0 Å². The number of hydrogen-bond donors (Lipinski definition) is 2. The Morgan fingerprint density at radius 2 is 2.00 bits per heavy atom. The maximum Gasteiger partial charge on any atom is 0.330 e. The van der Waals surface area contributed by atoms with Crippen LogP contribution >= 0.6 is 0 Å². The monoisotopic (exact) mass is 242 g/mol. The normalized spacial score (nSPS) is 20.8. The summed E-state index contributed by atoms with van der Waals surface area (Å²) in [7, 11) is 3.37. The summed E-state index contributed by atoms with van der Waals surface area (Å²) in [5.41, 5.74) is 0. The quantitative estimate of drug-likeness (QED) is 0.687. The maximum absolute atomic E-state index is 11.9. The Balaban J connectivity index is 2.49. The predicted octanol–water partition coefficient (Wildman–Crippen LogP) is 1.15. The fourth-order valence-corrected chi connectivity index (χ4v) is 1.84. The van der Waals surface area contributed by atoms with E-state index in [2.05, 4.69) is 17.6 Å². The molecule has 2 N–H and O–H groups in total. The van der Waals surface area contributed by atoms with Gasteiger partial charge in [0.05, 0.1) is 0 Å². The van der Waals surface area contributed by atoms with Gasteiger partial charge in [0.1, 0.15) is 0 Å². The highest BCUT2D eigenvalue weighted by molar-refractivity contribution is 5.95. The van der Waals surface area contributed by atoms with Crippen LogP contribution in [0.25, 0.3) is 0 Å². The highest BCUT2D eigenvalue weighted by Crippen LogP contribution is 2.09. The molecule has 17 heavy (non-hydrogen) atoms. The first-order chi connectivity index (χ1) is 8.11. The van der Waals surface area contributed by atoms with Crippen molar-refractivity contribution in [2.24, 2.45) is 0 Å². The third-order valence-corrected chi connectivity index (χ3v) is 2.93. The van der Waals surface area contributed by atoms with Crippen molar-refractivity contribution >= 4 is 12.1 Å². The number of carbonyl (C=O) groups is 2. The van der Waals surface area contributed by atoms with Gasteiger partial charge in [-0.1, -0.05) is 26.2 Å². The number of amides is 4. The van der Waals surface area contributed by atoms with Crippen molar-refractivity contribution in [3.8, 4) is 0 Å². The zero-order chi connectivity index (χ0) is 12.8. The van der Waals surface area contributed by atoms with E-state index in [1.54, 1.807) is 14.1 Å². The van der Waals surface area contributed by atoms with Gasteiger partial charge in [-0.05, 0) is 13.5 Å². The molecule has 0 bridgehead atoms. The minimum atomic E-state index is -0.415. The van der Waals surface area contributed by atoms with Crippen molar-refractivity contribution in [2.75, 3.05) is 20.6 Å². The second-order valence-corrected chi connectivity index (χ2v) is 4.25. The van der Waals surface area contributed by atoms with E-state index in [0.717, 1.165) is 25.7 Å². The van der Waals surface area contributed by atoms with Crippen LogP contribution in [0, 0.1) is 0 Å². The molecule has 0 aromatic rings. The van der Waals surface area contributed by atoms with E-state index >= 15 is 0 Å². The van der Waals surface area contributed by atoms with Crippen molar-refractivity contribution in [3.05, 3.63) is 0 Å². The lowest BCUT2D eigenvalue weighted by molar-refractivity contribution is 0.106. The standard InChI is InChI=1S/C11H22N4O2/c1-4-5-6-7-8-15-10(16)13-9(12-2)14(3)11(15)17/h9,12H,4-8H2,1-3H3,(H,13,16). The van der Waals surface area contributed by atoms with Crippen LogP contribution < -0.4 is 10.6 Å². The van der Waals surface area contributed by atoms with Crippen LogP contribution in [0.3, 0.4) is 0 Å². The highest BCUT2D eigenvalue weighted by Gasteiger charge is 2.34. The SMILES string of the molecule is CCCCCCN1C(=O)NC(NC)N(C)C1=O. The van der Waals surface area contributed by atoms with Gasteiger partial charge in [-0.3, -0.25) is 10.2 Å². The van der Waals surface area contributed by atoms with Gasteiger partial charge in [-0.15, -0.1) is 0 Å². The summed E-state index contributed by atoms with van der Waals surface area (Å²) in [5.74, 6) is 0. The zero-order valence-corrected chi connectivity index (χ0v) is 10.8. The molecule has 6 heteroatoms. The van der Waals surface area contributed by atoms with Gasteiger partial charge in [-0.25, -0.2) is 14.5 Å². The lowest BCUT2D eigenvalue weighted by Crippen LogP contribution is -2.67. The van der Waals surface area contributed by atoms with Gasteiger partial charge in [0.2, 0.25) is 0 Å². The van der Waals surface area contributed by atoms with Gasteiger partial charge in [0.25, 0.3) is 0 Å². The second-order valence-electron chi connectivity index (χ2n) is 4.25. The van der Waals surface area contributed by atoms with E-state index in [0.29, 0.717) is 6.54 Å². The van der Waals surface area contributed by atoms with Crippen LogP contribution in [-0.2, 0) is 0 Å². The number of imide groups is 1. The topological polar surface area (TPSA) is 64.7 Å². The van der Waals surface area contributed by atoms with Crippen molar-refractivity contribution in [1.29, 1.82) is 0 Å². The van der Waals surface area contributed by atoms with E-state index in [1.807, 2.05) is 0 Å². The van der Waals surface area contributed by atoms with Gasteiger partial charge in [0.15, 0.2) is 6.29 Å². The Morgan fingerprint density at radius 1 is 1.29 bits per heavy atom. The van der Waals surface area contributed by atoms with Gasteiger partial charge in [-0.2, -0.15) is 0 Å². The minimum Gasteiger partial charge on any atom is -0.304 e. The molecule has 0 radical (unpaired) electrons. The predicted molar refractivity (Wildman–Crippen MR) is 65.4 cm³/mol. The molecular weight excluding hydrogens is 220 g/mol. The largest absolute Gasteiger partial charge is 0.330 e. The molecule has 1 aliphatic rings. The average molecular weight is 242 g/mol. The first-order valence-electron chi connectivity index (χ1n) is 6.14. The van der Waals surface area contributed by atoms with Crippen LogP contribution in [-0.4, -0.2) is 48.8 Å². The van der Waals surface area contributed by atoms with E-state index < -0.39 is 6.29 Å². The molecule has 1 unspecified atom stereocenters. The summed E-state index contributed by atoms with van der Waals surface area (Å²) in [4.78, 5) is 26.4. The Bertz CT molecular complexity index is 283. The Kier molecular flexibility index (Phi) is 5.21. The Hall–Kier alpha value is -1.30.